The number of aryl methyl sites for hydroxylation is 1. The van der Waals surface area contributed by atoms with Crippen LogP contribution in [0.3, 0.4) is 0 Å². The van der Waals surface area contributed by atoms with Gasteiger partial charge in [0, 0.05) is 45.8 Å². The minimum atomic E-state index is -0.431. The van der Waals surface area contributed by atoms with Crippen molar-refractivity contribution in [2.24, 2.45) is 7.05 Å². The van der Waals surface area contributed by atoms with Crippen LogP contribution >= 0.6 is 0 Å². The van der Waals surface area contributed by atoms with Gasteiger partial charge in [-0.05, 0) is 24.1 Å². The summed E-state index contributed by atoms with van der Waals surface area (Å²) in [6, 6.07) is 5.96. The molecule has 33 heavy (non-hydrogen) atoms. The number of hydrogen-bond donors (Lipinski definition) is 4. The van der Waals surface area contributed by atoms with Crippen molar-refractivity contribution in [2.45, 2.75) is 25.1 Å². The average Bonchev–Trinajstić information content (AvgIpc) is 3.48. The van der Waals surface area contributed by atoms with E-state index < -0.39 is 6.10 Å². The number of nitrogens with zero attached hydrogens (tertiary/aromatic N) is 7. The summed E-state index contributed by atoms with van der Waals surface area (Å²) in [6.07, 6.45) is 1.69. The predicted octanol–water partition coefficient (Wildman–Crippen LogP) is 0.475. The van der Waals surface area contributed by atoms with E-state index in [1.54, 1.807) is 16.2 Å². The minimum Gasteiger partial charge on any atom is -0.392 e. The zero-order valence-corrected chi connectivity index (χ0v) is 18.3. The number of aliphatic hydroxyl groups excluding tert-OH is 1. The highest BCUT2D eigenvalue weighted by atomic mass is 16.3. The molecule has 4 N–H and O–H groups in total. The molecule has 12 heteroatoms. The summed E-state index contributed by atoms with van der Waals surface area (Å²) in [4.78, 5) is 19.9. The monoisotopic (exact) mass is 448 g/mol. The Bertz CT molecular complexity index is 1390. The highest BCUT2D eigenvalue weighted by molar-refractivity contribution is 6.00. The molecule has 2 aliphatic rings. The van der Waals surface area contributed by atoms with Crippen LogP contribution in [0.2, 0.25) is 0 Å². The second-order valence-electron chi connectivity index (χ2n) is 8.60. The van der Waals surface area contributed by atoms with Crippen LogP contribution in [0.5, 0.6) is 0 Å². The second-order valence-corrected chi connectivity index (χ2v) is 8.60. The molecule has 2 aliphatic heterocycles. The Labute approximate surface area is 188 Å². The van der Waals surface area contributed by atoms with Crippen LogP contribution in [0.15, 0.2) is 24.4 Å². The Morgan fingerprint density at radius 3 is 3.00 bits per heavy atom. The molecule has 1 saturated heterocycles. The van der Waals surface area contributed by atoms with Crippen molar-refractivity contribution < 1.29 is 9.90 Å². The summed E-state index contributed by atoms with van der Waals surface area (Å²) in [6.45, 7) is 1.60. The Morgan fingerprint density at radius 1 is 1.27 bits per heavy atom. The van der Waals surface area contributed by atoms with E-state index in [0.717, 1.165) is 22.3 Å². The summed E-state index contributed by atoms with van der Waals surface area (Å²) in [7, 11) is 3.65. The van der Waals surface area contributed by atoms with Gasteiger partial charge in [-0.3, -0.25) is 9.69 Å². The van der Waals surface area contributed by atoms with E-state index in [9.17, 15) is 9.90 Å². The third kappa shape index (κ3) is 3.26. The quantitative estimate of drug-likeness (QED) is 0.327. The molecule has 3 aromatic heterocycles. The Balaban J connectivity index is 1.55. The Morgan fingerprint density at radius 2 is 2.15 bits per heavy atom. The predicted molar refractivity (Wildman–Crippen MR) is 121 cm³/mol. The first-order valence-corrected chi connectivity index (χ1v) is 10.9. The second kappa shape index (κ2) is 7.39. The zero-order valence-electron chi connectivity index (χ0n) is 18.3. The Kier molecular flexibility index (Phi) is 4.45. The number of benzene rings is 1. The van der Waals surface area contributed by atoms with Gasteiger partial charge in [0.2, 0.25) is 0 Å². The highest BCUT2D eigenvalue weighted by Crippen LogP contribution is 2.30. The molecule has 1 fully saturated rings. The molecule has 1 amide bonds. The van der Waals surface area contributed by atoms with Crippen LogP contribution in [0.4, 0.5) is 17.3 Å². The fourth-order valence-corrected chi connectivity index (χ4v) is 4.78. The summed E-state index contributed by atoms with van der Waals surface area (Å²) >= 11 is 0. The number of aliphatic hydroxyl groups is 1. The summed E-state index contributed by atoms with van der Waals surface area (Å²) in [5.74, 6) is 0.993. The molecule has 0 saturated carbocycles. The van der Waals surface area contributed by atoms with Gasteiger partial charge >= 0.3 is 0 Å². The van der Waals surface area contributed by atoms with Crippen molar-refractivity contribution in [2.75, 3.05) is 30.8 Å². The van der Waals surface area contributed by atoms with Gasteiger partial charge in [-0.25, -0.2) is 9.67 Å². The molecular formula is C21H24N10O2. The van der Waals surface area contributed by atoms with E-state index >= 15 is 0 Å². The van der Waals surface area contributed by atoms with Gasteiger partial charge in [-0.1, -0.05) is 5.21 Å². The number of rotatable bonds is 1. The summed E-state index contributed by atoms with van der Waals surface area (Å²) < 4.78 is 3.35. The highest BCUT2D eigenvalue weighted by Gasteiger charge is 2.32. The van der Waals surface area contributed by atoms with E-state index in [2.05, 4.69) is 42.3 Å². The third-order valence-electron chi connectivity index (χ3n) is 6.40. The standard InChI is InChI=1S/C21H24N10O2/c1-22-18-6-17-25-15-3-11(4-16-19(15)27-28-29(16)2)9-30-10-13(32)5-12(30)7-23-21(33)14-8-24-31(18)20(14)26-17/h3-4,6,8,12-13,22,32H,5,7,9-10H2,1-2H3,(H,23,33)(H,25,26)/t12-,13-/m0/s1. The molecule has 6 rings (SSSR count). The Hall–Kier alpha value is -3.77. The van der Waals surface area contributed by atoms with Gasteiger partial charge in [-0.2, -0.15) is 9.61 Å². The van der Waals surface area contributed by atoms with Crippen LogP contribution in [-0.2, 0) is 13.6 Å². The third-order valence-corrected chi connectivity index (χ3v) is 6.40. The van der Waals surface area contributed by atoms with Gasteiger partial charge in [0.05, 0.1) is 23.5 Å². The zero-order chi connectivity index (χ0) is 22.7. The molecule has 4 aromatic rings. The van der Waals surface area contributed by atoms with E-state index in [0.29, 0.717) is 48.9 Å². The SMILES string of the molecule is CNc1cc2nc3c(cnn13)C(=O)NC[C@@H]1C[C@H](O)CN1Cc1cc(c3nnn(C)c3c1)N2. The topological polar surface area (TPSA) is 138 Å². The maximum atomic E-state index is 13.0. The lowest BCUT2D eigenvalue weighted by Crippen LogP contribution is -2.39. The first-order valence-electron chi connectivity index (χ1n) is 10.9. The number of amides is 1. The molecule has 0 unspecified atom stereocenters. The van der Waals surface area contributed by atoms with Crippen LogP contribution in [0.25, 0.3) is 16.7 Å². The largest absolute Gasteiger partial charge is 0.392 e. The molecule has 4 bridgehead atoms. The number of fused-ring (bicyclic) bond motifs is 6. The molecule has 1 aromatic carbocycles. The van der Waals surface area contributed by atoms with E-state index in [-0.39, 0.29) is 11.9 Å². The lowest BCUT2D eigenvalue weighted by Gasteiger charge is -2.25. The van der Waals surface area contributed by atoms with Crippen molar-refractivity contribution >= 4 is 39.9 Å². The van der Waals surface area contributed by atoms with Gasteiger partial charge in [-0.15, -0.1) is 5.10 Å². The van der Waals surface area contributed by atoms with Gasteiger partial charge in [0.25, 0.3) is 5.91 Å². The molecule has 0 radical (unpaired) electrons. The maximum absolute atomic E-state index is 13.0. The van der Waals surface area contributed by atoms with Crippen molar-refractivity contribution in [3.63, 3.8) is 0 Å². The first kappa shape index (κ1) is 19.9. The lowest BCUT2D eigenvalue weighted by atomic mass is 10.1. The fourth-order valence-electron chi connectivity index (χ4n) is 4.78. The van der Waals surface area contributed by atoms with Gasteiger partial charge < -0.3 is 21.1 Å². The molecular weight excluding hydrogens is 424 g/mol. The van der Waals surface area contributed by atoms with Crippen LogP contribution < -0.4 is 16.0 Å². The number of hydrogen-bond acceptors (Lipinski definition) is 9. The summed E-state index contributed by atoms with van der Waals surface area (Å²) in [5, 5.41) is 32.7. The van der Waals surface area contributed by atoms with Crippen LogP contribution in [0, 0.1) is 0 Å². The molecule has 12 nitrogen and oxygen atoms in total. The molecule has 170 valence electrons. The number of carbonyl (C=O) groups excluding carboxylic acids is 1. The van der Waals surface area contributed by atoms with Crippen molar-refractivity contribution in [3.8, 4) is 0 Å². The number of nitrogens with one attached hydrogen (secondary N) is 3. The van der Waals surface area contributed by atoms with E-state index in [4.69, 9.17) is 4.98 Å². The van der Waals surface area contributed by atoms with Crippen molar-refractivity contribution in [1.29, 1.82) is 0 Å². The maximum Gasteiger partial charge on any atom is 0.256 e. The number of aromatic nitrogens is 6. The lowest BCUT2D eigenvalue weighted by molar-refractivity contribution is 0.0941. The molecule has 5 heterocycles. The van der Waals surface area contributed by atoms with E-state index in [1.807, 2.05) is 19.2 Å². The average molecular weight is 448 g/mol. The van der Waals surface area contributed by atoms with Gasteiger partial charge in [0.15, 0.2) is 5.65 Å². The summed E-state index contributed by atoms with van der Waals surface area (Å²) in [5.41, 5.74) is 4.27. The van der Waals surface area contributed by atoms with Gasteiger partial charge in [0.1, 0.15) is 22.7 Å². The van der Waals surface area contributed by atoms with E-state index in [1.165, 1.54) is 6.20 Å². The van der Waals surface area contributed by atoms with Crippen LogP contribution in [-0.4, -0.2) is 77.8 Å². The molecule has 0 spiro atoms. The van der Waals surface area contributed by atoms with Crippen molar-refractivity contribution in [3.05, 3.63) is 35.5 Å². The smallest absolute Gasteiger partial charge is 0.256 e. The normalized spacial score (nSPS) is 21.1. The van der Waals surface area contributed by atoms with Crippen molar-refractivity contribution in [1.82, 2.24) is 39.8 Å². The first-order chi connectivity index (χ1) is 16.0. The van der Waals surface area contributed by atoms with Crippen LogP contribution in [0.1, 0.15) is 22.3 Å². The molecule has 0 aliphatic carbocycles. The number of carbonyl (C=O) groups is 1. The minimum absolute atomic E-state index is 0.0156. The fraction of sp³-hybridized carbons (Fsp3) is 0.381. The molecule has 2 atom stereocenters. The number of anilines is 3.